The first-order chi connectivity index (χ1) is 18.0. The molecule has 3 heterocycles. The molecule has 2 aliphatic rings. The number of imidazole rings is 1. The van der Waals surface area contributed by atoms with Gasteiger partial charge in [0.25, 0.3) is 5.91 Å². The number of amides is 2. The Labute approximate surface area is 224 Å². The van der Waals surface area contributed by atoms with E-state index in [0.29, 0.717) is 17.7 Å². The van der Waals surface area contributed by atoms with Crippen LogP contribution in [0.25, 0.3) is 11.0 Å². The molecular formula is C29H39N7O2. The average Bonchev–Trinajstić information content (AvgIpc) is 3.56. The molecule has 1 saturated heterocycles. The van der Waals surface area contributed by atoms with Crippen molar-refractivity contribution in [1.29, 1.82) is 0 Å². The van der Waals surface area contributed by atoms with Crippen molar-refractivity contribution in [2.24, 2.45) is 17.9 Å². The van der Waals surface area contributed by atoms with Crippen LogP contribution >= 0.6 is 0 Å². The molecule has 1 atom stereocenters. The molecule has 2 N–H and O–H groups in total. The third-order valence-corrected chi connectivity index (χ3v) is 8.57. The third kappa shape index (κ3) is 4.87. The van der Waals surface area contributed by atoms with E-state index in [1.54, 1.807) is 24.0 Å². The van der Waals surface area contributed by atoms with Gasteiger partial charge >= 0.3 is 0 Å². The number of likely N-dealkylation sites (tertiary alicyclic amines) is 1. The van der Waals surface area contributed by atoms with E-state index in [-0.39, 0.29) is 28.7 Å². The second-order valence-electron chi connectivity index (χ2n) is 12.2. The SMILES string of the molecule is C=CC(=O)N1CC[C@]2(C1)C[C@H](n1c(NC(=O)c3ccnn3C)nc3cc(CN[C@@H](C)C(C)(C)C)ccc31)C2. The smallest absolute Gasteiger partial charge is 0.276 e. The molecule has 9 nitrogen and oxygen atoms in total. The van der Waals surface area contributed by atoms with Crippen molar-refractivity contribution >= 4 is 28.8 Å². The number of benzene rings is 1. The second-order valence-corrected chi connectivity index (χ2v) is 12.2. The minimum atomic E-state index is -0.236. The maximum absolute atomic E-state index is 13.1. The van der Waals surface area contributed by atoms with Gasteiger partial charge in [-0.05, 0) is 66.9 Å². The first-order valence-corrected chi connectivity index (χ1v) is 13.4. The van der Waals surface area contributed by atoms with E-state index in [1.165, 1.54) is 6.08 Å². The quantitative estimate of drug-likeness (QED) is 0.456. The van der Waals surface area contributed by atoms with Crippen LogP contribution in [0.2, 0.25) is 0 Å². The van der Waals surface area contributed by atoms with Crippen molar-refractivity contribution in [2.45, 2.75) is 65.6 Å². The third-order valence-electron chi connectivity index (χ3n) is 8.57. The first-order valence-electron chi connectivity index (χ1n) is 13.4. The van der Waals surface area contributed by atoms with E-state index >= 15 is 0 Å². The molecule has 1 spiro atoms. The average molecular weight is 518 g/mol. The number of nitrogens with one attached hydrogen (secondary N) is 2. The first kappa shape index (κ1) is 26.2. The van der Waals surface area contributed by atoms with Crippen molar-refractivity contribution in [2.75, 3.05) is 18.4 Å². The number of nitrogens with zero attached hydrogens (tertiary/aromatic N) is 5. The van der Waals surface area contributed by atoms with Gasteiger partial charge in [-0.15, -0.1) is 0 Å². The van der Waals surface area contributed by atoms with Gasteiger partial charge in [-0.1, -0.05) is 33.4 Å². The normalized spacial score (nSPS) is 22.0. The monoisotopic (exact) mass is 517 g/mol. The van der Waals surface area contributed by atoms with E-state index in [0.717, 1.165) is 55.5 Å². The van der Waals surface area contributed by atoms with Gasteiger partial charge < -0.3 is 14.8 Å². The summed E-state index contributed by atoms with van der Waals surface area (Å²) in [4.78, 5) is 32.1. The number of anilines is 1. The Kier molecular flexibility index (Phi) is 6.67. The highest BCUT2D eigenvalue weighted by atomic mass is 16.2. The van der Waals surface area contributed by atoms with Gasteiger partial charge in [-0.25, -0.2) is 4.98 Å². The minimum absolute atomic E-state index is 0.00412. The Hall–Kier alpha value is -3.46. The topological polar surface area (TPSA) is 97.1 Å². The molecule has 1 saturated carbocycles. The summed E-state index contributed by atoms with van der Waals surface area (Å²) in [5, 5.41) is 10.8. The van der Waals surface area contributed by atoms with Gasteiger partial charge in [0.05, 0.1) is 11.0 Å². The number of aromatic nitrogens is 4. The maximum atomic E-state index is 13.1. The van der Waals surface area contributed by atoms with Crippen LogP contribution in [-0.2, 0) is 18.4 Å². The molecule has 1 aromatic carbocycles. The van der Waals surface area contributed by atoms with E-state index in [4.69, 9.17) is 4.98 Å². The number of aryl methyl sites for hydroxylation is 1. The summed E-state index contributed by atoms with van der Waals surface area (Å²) in [5.41, 5.74) is 3.79. The molecule has 2 amide bonds. The van der Waals surface area contributed by atoms with Crippen LogP contribution in [0, 0.1) is 10.8 Å². The molecule has 38 heavy (non-hydrogen) atoms. The zero-order chi connectivity index (χ0) is 27.2. The molecular weight excluding hydrogens is 478 g/mol. The Bertz CT molecular complexity index is 1370. The Balaban J connectivity index is 1.41. The fourth-order valence-corrected chi connectivity index (χ4v) is 5.76. The van der Waals surface area contributed by atoms with Gasteiger partial charge in [0, 0.05) is 45.0 Å². The van der Waals surface area contributed by atoms with Crippen molar-refractivity contribution in [3.63, 3.8) is 0 Å². The lowest BCUT2D eigenvalue weighted by Gasteiger charge is -2.46. The lowest BCUT2D eigenvalue weighted by atomic mass is 9.64. The molecule has 9 heteroatoms. The maximum Gasteiger partial charge on any atom is 0.276 e. The minimum Gasteiger partial charge on any atom is -0.339 e. The molecule has 1 aliphatic heterocycles. The fraction of sp³-hybridized carbons (Fsp3) is 0.517. The van der Waals surface area contributed by atoms with E-state index in [2.05, 4.69) is 72.8 Å². The zero-order valence-electron chi connectivity index (χ0n) is 23.1. The lowest BCUT2D eigenvalue weighted by molar-refractivity contribution is -0.125. The van der Waals surface area contributed by atoms with Crippen molar-refractivity contribution in [3.8, 4) is 0 Å². The van der Waals surface area contributed by atoms with Crippen LogP contribution in [-0.4, -0.2) is 55.2 Å². The number of hydrogen-bond donors (Lipinski definition) is 2. The van der Waals surface area contributed by atoms with E-state index in [1.807, 2.05) is 4.90 Å². The summed E-state index contributed by atoms with van der Waals surface area (Å²) in [6.07, 6.45) is 5.90. The number of fused-ring (bicyclic) bond motifs is 1. The van der Waals surface area contributed by atoms with Gasteiger partial charge in [0.15, 0.2) is 0 Å². The standard InChI is InChI=1S/C29H39N7O2/c1-7-25(37)35-13-11-29(18-35)15-21(16-29)36-23-9-8-20(17-30-19(2)28(3,4)5)14-22(23)32-27(36)33-26(38)24-10-12-31-34(24)6/h7-10,12,14,19,21,30H,1,11,13,15-18H2,2-6H3,(H,32,33,38)/t19-,21-,29-/m0/s1. The van der Waals surface area contributed by atoms with Gasteiger partial charge in [-0.3, -0.25) is 19.6 Å². The summed E-state index contributed by atoms with van der Waals surface area (Å²) in [7, 11) is 1.75. The van der Waals surface area contributed by atoms with Crippen molar-refractivity contribution < 1.29 is 9.59 Å². The molecule has 1 aliphatic carbocycles. The molecule has 5 rings (SSSR count). The van der Waals surface area contributed by atoms with Gasteiger partial charge in [0.1, 0.15) is 5.69 Å². The molecule has 202 valence electrons. The van der Waals surface area contributed by atoms with Crippen LogP contribution in [0.15, 0.2) is 43.1 Å². The Morgan fingerprint density at radius 3 is 2.68 bits per heavy atom. The van der Waals surface area contributed by atoms with Crippen LogP contribution in [0.1, 0.15) is 69.1 Å². The molecule has 2 fully saturated rings. The largest absolute Gasteiger partial charge is 0.339 e. The predicted octanol–water partition coefficient (Wildman–Crippen LogP) is 4.29. The van der Waals surface area contributed by atoms with Gasteiger partial charge in [-0.2, -0.15) is 5.10 Å². The predicted molar refractivity (Wildman–Crippen MR) is 149 cm³/mol. The highest BCUT2D eigenvalue weighted by Crippen LogP contribution is 2.55. The van der Waals surface area contributed by atoms with E-state index < -0.39 is 0 Å². The highest BCUT2D eigenvalue weighted by Gasteiger charge is 2.50. The molecule has 0 bridgehead atoms. The second kappa shape index (κ2) is 9.69. The van der Waals surface area contributed by atoms with Crippen LogP contribution in [0.3, 0.4) is 0 Å². The summed E-state index contributed by atoms with van der Waals surface area (Å²) in [6.45, 7) is 14.8. The zero-order valence-corrected chi connectivity index (χ0v) is 23.1. The number of hydrogen-bond acceptors (Lipinski definition) is 5. The summed E-state index contributed by atoms with van der Waals surface area (Å²) in [5.74, 6) is 0.320. The summed E-state index contributed by atoms with van der Waals surface area (Å²) < 4.78 is 3.74. The Morgan fingerprint density at radius 2 is 2.03 bits per heavy atom. The number of carbonyl (C=O) groups excluding carboxylic acids is 2. The Morgan fingerprint density at radius 1 is 1.26 bits per heavy atom. The summed E-state index contributed by atoms with van der Waals surface area (Å²) >= 11 is 0. The molecule has 3 aromatic rings. The lowest BCUT2D eigenvalue weighted by Crippen LogP contribution is -2.42. The fourth-order valence-electron chi connectivity index (χ4n) is 5.76. The van der Waals surface area contributed by atoms with Crippen LogP contribution < -0.4 is 10.6 Å². The van der Waals surface area contributed by atoms with Gasteiger partial charge in [0.2, 0.25) is 11.9 Å². The van der Waals surface area contributed by atoms with Crippen LogP contribution in [0.4, 0.5) is 5.95 Å². The summed E-state index contributed by atoms with van der Waals surface area (Å²) in [6, 6.07) is 8.63. The van der Waals surface area contributed by atoms with Crippen molar-refractivity contribution in [1.82, 2.24) is 29.5 Å². The van der Waals surface area contributed by atoms with Crippen LogP contribution in [0.5, 0.6) is 0 Å². The van der Waals surface area contributed by atoms with E-state index in [9.17, 15) is 9.59 Å². The molecule has 0 unspecified atom stereocenters. The van der Waals surface area contributed by atoms with Crippen molar-refractivity contribution in [3.05, 3.63) is 54.4 Å². The molecule has 0 radical (unpaired) electrons. The number of rotatable bonds is 7. The highest BCUT2D eigenvalue weighted by molar-refractivity contribution is 6.03. The molecule has 2 aromatic heterocycles. The number of carbonyl (C=O) groups is 2.